The Labute approximate surface area is 124 Å². The first-order valence-electron chi connectivity index (χ1n) is 5.55. The molecule has 0 aliphatic heterocycles. The van der Waals surface area contributed by atoms with E-state index in [1.807, 2.05) is 31.2 Å². The van der Waals surface area contributed by atoms with Crippen molar-refractivity contribution in [3.05, 3.63) is 50.6 Å². The number of fused-ring (bicyclic) bond motifs is 1. The van der Waals surface area contributed by atoms with Gasteiger partial charge in [0, 0.05) is 14.2 Å². The molecule has 4 heteroatoms. The van der Waals surface area contributed by atoms with Crippen molar-refractivity contribution in [3.63, 3.8) is 0 Å². The molecule has 0 atom stereocenters. The van der Waals surface area contributed by atoms with E-state index in [1.54, 1.807) is 0 Å². The van der Waals surface area contributed by atoms with Gasteiger partial charge in [-0.15, -0.1) is 0 Å². The first-order valence-corrected chi connectivity index (χ1v) is 7.01. The number of imidazole rings is 1. The molecule has 2 aromatic carbocycles. The van der Waals surface area contributed by atoms with E-state index in [0.717, 1.165) is 33.0 Å². The summed E-state index contributed by atoms with van der Waals surface area (Å²) in [5.74, 6) is 0.880. The molecule has 0 amide bonds. The van der Waals surface area contributed by atoms with E-state index in [9.17, 15) is 0 Å². The highest BCUT2D eigenvalue weighted by Crippen LogP contribution is 2.26. The highest BCUT2D eigenvalue weighted by atomic mass is 127. The lowest BCUT2D eigenvalue weighted by molar-refractivity contribution is 1.33. The second-order valence-electron chi connectivity index (χ2n) is 4.21. The minimum atomic E-state index is 0.753. The molecule has 1 N–H and O–H groups in total. The lowest BCUT2D eigenvalue weighted by Gasteiger charge is -1.96. The molecule has 0 fully saturated rings. The summed E-state index contributed by atoms with van der Waals surface area (Å²) in [6.45, 7) is 1.99. The minimum Gasteiger partial charge on any atom is -0.338 e. The van der Waals surface area contributed by atoms with Crippen LogP contribution in [0.5, 0.6) is 0 Å². The third-order valence-corrected chi connectivity index (χ3v) is 3.94. The number of hydrogen-bond acceptors (Lipinski definition) is 1. The van der Waals surface area contributed by atoms with Gasteiger partial charge in [0.2, 0.25) is 0 Å². The lowest BCUT2D eigenvalue weighted by atomic mass is 10.2. The molecule has 0 radical (unpaired) electrons. The zero-order chi connectivity index (χ0) is 12.7. The highest BCUT2D eigenvalue weighted by molar-refractivity contribution is 14.1. The van der Waals surface area contributed by atoms with Crippen molar-refractivity contribution in [1.82, 2.24) is 9.97 Å². The van der Waals surface area contributed by atoms with Crippen LogP contribution in [0.4, 0.5) is 0 Å². The standard InChI is InChI=1S/C14H10ClIN2/c1-8-5-12-13(7-11(8)15)18-14(17-12)9-3-2-4-10(16)6-9/h2-7H,1H3,(H,17,18). The van der Waals surface area contributed by atoms with E-state index in [-0.39, 0.29) is 0 Å². The van der Waals surface area contributed by atoms with Crippen LogP contribution in [0.25, 0.3) is 22.4 Å². The average Bonchev–Trinajstić information content (AvgIpc) is 2.73. The van der Waals surface area contributed by atoms with E-state index in [4.69, 9.17) is 11.6 Å². The smallest absolute Gasteiger partial charge is 0.138 e. The number of benzene rings is 2. The van der Waals surface area contributed by atoms with Gasteiger partial charge in [-0.2, -0.15) is 0 Å². The molecule has 1 aromatic heterocycles. The summed E-state index contributed by atoms with van der Waals surface area (Å²) in [5.41, 5.74) is 4.07. The molecule has 3 rings (SSSR count). The first kappa shape index (κ1) is 12.0. The summed E-state index contributed by atoms with van der Waals surface area (Å²) in [6.07, 6.45) is 0. The van der Waals surface area contributed by atoms with Crippen molar-refractivity contribution in [2.45, 2.75) is 6.92 Å². The quantitative estimate of drug-likeness (QED) is 0.614. The zero-order valence-electron chi connectivity index (χ0n) is 9.67. The number of aryl methyl sites for hydroxylation is 1. The fourth-order valence-electron chi connectivity index (χ4n) is 1.91. The Morgan fingerprint density at radius 2 is 2.06 bits per heavy atom. The Balaban J connectivity index is 2.19. The molecule has 0 aliphatic carbocycles. The Morgan fingerprint density at radius 3 is 2.83 bits per heavy atom. The van der Waals surface area contributed by atoms with Gasteiger partial charge < -0.3 is 4.98 Å². The average molecular weight is 369 g/mol. The van der Waals surface area contributed by atoms with Gasteiger partial charge in [-0.3, -0.25) is 0 Å². The predicted molar refractivity (Wildman–Crippen MR) is 84.0 cm³/mol. The van der Waals surface area contributed by atoms with Crippen molar-refractivity contribution >= 4 is 45.2 Å². The maximum atomic E-state index is 6.11. The van der Waals surface area contributed by atoms with Crippen LogP contribution in [0.15, 0.2) is 36.4 Å². The largest absolute Gasteiger partial charge is 0.338 e. The topological polar surface area (TPSA) is 28.7 Å². The lowest BCUT2D eigenvalue weighted by Crippen LogP contribution is -1.80. The molecule has 2 nitrogen and oxygen atoms in total. The van der Waals surface area contributed by atoms with Gasteiger partial charge in [0.25, 0.3) is 0 Å². The van der Waals surface area contributed by atoms with Crippen molar-refractivity contribution in [3.8, 4) is 11.4 Å². The van der Waals surface area contributed by atoms with Crippen LogP contribution in [-0.4, -0.2) is 9.97 Å². The number of rotatable bonds is 1. The van der Waals surface area contributed by atoms with Gasteiger partial charge >= 0.3 is 0 Å². The summed E-state index contributed by atoms with van der Waals surface area (Å²) >= 11 is 8.41. The Morgan fingerprint density at radius 1 is 1.22 bits per heavy atom. The fraction of sp³-hybridized carbons (Fsp3) is 0.0714. The summed E-state index contributed by atoms with van der Waals surface area (Å²) in [5, 5.41) is 0.753. The number of halogens is 2. The Bertz CT molecular complexity index is 695. The van der Waals surface area contributed by atoms with Crippen LogP contribution in [0.1, 0.15) is 5.56 Å². The van der Waals surface area contributed by atoms with Crippen LogP contribution >= 0.6 is 34.2 Å². The summed E-state index contributed by atoms with van der Waals surface area (Å²) < 4.78 is 1.19. The molecule has 1 heterocycles. The third kappa shape index (κ3) is 2.12. The van der Waals surface area contributed by atoms with Gasteiger partial charge in [0.1, 0.15) is 5.82 Å². The monoisotopic (exact) mass is 368 g/mol. The normalized spacial score (nSPS) is 11.1. The maximum absolute atomic E-state index is 6.11. The molecule has 0 spiro atoms. The minimum absolute atomic E-state index is 0.753. The third-order valence-electron chi connectivity index (χ3n) is 2.86. The maximum Gasteiger partial charge on any atom is 0.138 e. The van der Waals surface area contributed by atoms with E-state index in [2.05, 4.69) is 44.7 Å². The second-order valence-corrected chi connectivity index (χ2v) is 5.87. The summed E-state index contributed by atoms with van der Waals surface area (Å²) in [7, 11) is 0. The van der Waals surface area contributed by atoms with Gasteiger partial charge in [-0.05, 0) is 59.3 Å². The van der Waals surface area contributed by atoms with Crippen molar-refractivity contribution in [1.29, 1.82) is 0 Å². The molecular weight excluding hydrogens is 359 g/mol. The summed E-state index contributed by atoms with van der Waals surface area (Å²) in [6, 6.07) is 12.2. The highest BCUT2D eigenvalue weighted by Gasteiger charge is 2.07. The van der Waals surface area contributed by atoms with Gasteiger partial charge in [0.05, 0.1) is 11.0 Å². The SMILES string of the molecule is Cc1cc2[nH]c(-c3cccc(I)c3)nc2cc1Cl. The van der Waals surface area contributed by atoms with E-state index in [1.165, 1.54) is 3.57 Å². The molecule has 0 saturated carbocycles. The molecule has 90 valence electrons. The van der Waals surface area contributed by atoms with E-state index < -0.39 is 0 Å². The van der Waals surface area contributed by atoms with Crippen molar-refractivity contribution in [2.75, 3.05) is 0 Å². The molecular formula is C14H10ClIN2. The Kier molecular flexibility index (Phi) is 3.03. The van der Waals surface area contributed by atoms with Crippen LogP contribution in [-0.2, 0) is 0 Å². The zero-order valence-corrected chi connectivity index (χ0v) is 12.6. The van der Waals surface area contributed by atoms with Crippen LogP contribution < -0.4 is 0 Å². The number of hydrogen-bond donors (Lipinski definition) is 1. The number of nitrogens with zero attached hydrogens (tertiary/aromatic N) is 1. The van der Waals surface area contributed by atoms with E-state index >= 15 is 0 Å². The van der Waals surface area contributed by atoms with Gasteiger partial charge in [-0.25, -0.2) is 4.98 Å². The number of nitrogens with one attached hydrogen (secondary N) is 1. The number of aromatic amines is 1. The molecule has 0 saturated heterocycles. The first-order chi connectivity index (χ1) is 8.63. The van der Waals surface area contributed by atoms with Gasteiger partial charge in [-0.1, -0.05) is 23.7 Å². The van der Waals surface area contributed by atoms with Crippen LogP contribution in [0.3, 0.4) is 0 Å². The Hall–Kier alpha value is -1.07. The fourth-order valence-corrected chi connectivity index (χ4v) is 2.61. The molecule has 3 aromatic rings. The second kappa shape index (κ2) is 4.55. The number of H-pyrrole nitrogens is 1. The van der Waals surface area contributed by atoms with Crippen LogP contribution in [0.2, 0.25) is 5.02 Å². The van der Waals surface area contributed by atoms with Gasteiger partial charge in [0.15, 0.2) is 0 Å². The summed E-state index contributed by atoms with van der Waals surface area (Å²) in [4.78, 5) is 7.92. The molecule has 18 heavy (non-hydrogen) atoms. The molecule has 0 unspecified atom stereocenters. The molecule has 0 bridgehead atoms. The predicted octanol–water partition coefficient (Wildman–Crippen LogP) is 4.80. The van der Waals surface area contributed by atoms with E-state index in [0.29, 0.717) is 0 Å². The van der Waals surface area contributed by atoms with Crippen molar-refractivity contribution < 1.29 is 0 Å². The van der Waals surface area contributed by atoms with Crippen LogP contribution in [0, 0.1) is 10.5 Å². The van der Waals surface area contributed by atoms with Crippen molar-refractivity contribution in [2.24, 2.45) is 0 Å². The molecule has 0 aliphatic rings. The number of aromatic nitrogens is 2.